The lowest BCUT2D eigenvalue weighted by Gasteiger charge is -2.32. The van der Waals surface area contributed by atoms with Crippen LogP contribution in [0.3, 0.4) is 0 Å². The van der Waals surface area contributed by atoms with E-state index in [9.17, 15) is 4.79 Å². The molecule has 0 aliphatic carbocycles. The highest BCUT2D eigenvalue weighted by Gasteiger charge is 2.25. The zero-order chi connectivity index (χ0) is 17.5. The highest BCUT2D eigenvalue weighted by Crippen LogP contribution is 2.16. The van der Waals surface area contributed by atoms with Crippen LogP contribution in [0, 0.1) is 6.92 Å². The standard InChI is InChI=1S/C19H23N3O3/c1-15-9-10-18(21-20-15)25-17-8-5-11-22(12-17)19(23)14-24-13-16-6-3-2-4-7-16/h2-4,6-7,9-10,17H,5,8,11-14H2,1H3. The SMILES string of the molecule is Cc1ccc(OC2CCCN(C(=O)COCc3ccccc3)C2)nn1. The first kappa shape index (κ1) is 17.4. The summed E-state index contributed by atoms with van der Waals surface area (Å²) < 4.78 is 11.4. The normalized spacial score (nSPS) is 17.3. The second-order valence-electron chi connectivity index (χ2n) is 6.21. The van der Waals surface area contributed by atoms with E-state index in [-0.39, 0.29) is 18.6 Å². The van der Waals surface area contributed by atoms with Crippen LogP contribution in [0.2, 0.25) is 0 Å². The maximum atomic E-state index is 12.3. The van der Waals surface area contributed by atoms with E-state index in [0.717, 1.165) is 30.6 Å². The Hall–Kier alpha value is -2.47. The summed E-state index contributed by atoms with van der Waals surface area (Å²) in [7, 11) is 0. The zero-order valence-corrected chi connectivity index (χ0v) is 14.4. The van der Waals surface area contributed by atoms with Gasteiger partial charge in [0, 0.05) is 12.6 Å². The Morgan fingerprint density at radius 1 is 1.20 bits per heavy atom. The monoisotopic (exact) mass is 341 g/mol. The van der Waals surface area contributed by atoms with E-state index >= 15 is 0 Å². The van der Waals surface area contributed by atoms with E-state index in [1.54, 1.807) is 4.90 Å². The van der Waals surface area contributed by atoms with Crippen molar-refractivity contribution in [2.24, 2.45) is 0 Å². The smallest absolute Gasteiger partial charge is 0.248 e. The third-order valence-corrected chi connectivity index (χ3v) is 4.13. The molecule has 6 nitrogen and oxygen atoms in total. The van der Waals surface area contributed by atoms with E-state index in [1.807, 2.05) is 49.4 Å². The predicted molar refractivity (Wildman–Crippen MR) is 93.1 cm³/mol. The van der Waals surface area contributed by atoms with Crippen molar-refractivity contribution < 1.29 is 14.3 Å². The Balaban J connectivity index is 1.45. The topological polar surface area (TPSA) is 64.5 Å². The number of likely N-dealkylation sites (tertiary alicyclic amines) is 1. The van der Waals surface area contributed by atoms with Gasteiger partial charge in [-0.1, -0.05) is 30.3 Å². The first-order valence-corrected chi connectivity index (χ1v) is 8.57. The van der Waals surface area contributed by atoms with Crippen molar-refractivity contribution in [2.75, 3.05) is 19.7 Å². The highest BCUT2D eigenvalue weighted by molar-refractivity contribution is 5.77. The van der Waals surface area contributed by atoms with Crippen molar-refractivity contribution in [3.63, 3.8) is 0 Å². The number of hydrogen-bond acceptors (Lipinski definition) is 5. The number of ether oxygens (including phenoxy) is 2. The molecule has 1 amide bonds. The van der Waals surface area contributed by atoms with Crippen molar-refractivity contribution in [3.8, 4) is 5.88 Å². The minimum atomic E-state index is -0.0520. The minimum Gasteiger partial charge on any atom is -0.471 e. The van der Waals surface area contributed by atoms with Gasteiger partial charge in [-0.2, -0.15) is 5.10 Å². The van der Waals surface area contributed by atoms with Crippen LogP contribution < -0.4 is 4.74 Å². The fourth-order valence-electron chi connectivity index (χ4n) is 2.80. The Labute approximate surface area is 147 Å². The summed E-state index contributed by atoms with van der Waals surface area (Å²) in [4.78, 5) is 14.2. The molecule has 25 heavy (non-hydrogen) atoms. The van der Waals surface area contributed by atoms with E-state index in [0.29, 0.717) is 19.0 Å². The molecule has 3 rings (SSSR count). The summed E-state index contributed by atoms with van der Waals surface area (Å²) >= 11 is 0. The Bertz CT molecular complexity index is 676. The van der Waals surface area contributed by atoms with Crippen molar-refractivity contribution >= 4 is 5.91 Å². The number of piperidine rings is 1. The molecule has 1 fully saturated rings. The van der Waals surface area contributed by atoms with Gasteiger partial charge in [-0.15, -0.1) is 5.10 Å². The number of nitrogens with zero attached hydrogens (tertiary/aromatic N) is 3. The molecule has 132 valence electrons. The Kier molecular flexibility index (Phi) is 5.95. The Morgan fingerprint density at radius 2 is 2.04 bits per heavy atom. The van der Waals surface area contributed by atoms with Gasteiger partial charge in [0.1, 0.15) is 12.7 Å². The molecule has 0 spiro atoms. The number of aryl methyl sites for hydroxylation is 1. The summed E-state index contributed by atoms with van der Waals surface area (Å²) in [6.45, 7) is 3.72. The molecule has 1 aromatic heterocycles. The average Bonchev–Trinajstić information content (AvgIpc) is 2.65. The molecular formula is C19H23N3O3. The van der Waals surface area contributed by atoms with Gasteiger partial charge >= 0.3 is 0 Å². The van der Waals surface area contributed by atoms with Crippen molar-refractivity contribution in [3.05, 3.63) is 53.7 Å². The molecule has 1 unspecified atom stereocenters. The van der Waals surface area contributed by atoms with Crippen LogP contribution in [0.1, 0.15) is 24.1 Å². The van der Waals surface area contributed by atoms with Crippen LogP contribution in [0.4, 0.5) is 0 Å². The summed E-state index contributed by atoms with van der Waals surface area (Å²) in [6, 6.07) is 13.5. The molecule has 1 aliphatic heterocycles. The lowest BCUT2D eigenvalue weighted by atomic mass is 10.1. The van der Waals surface area contributed by atoms with Gasteiger partial charge in [0.15, 0.2) is 0 Å². The molecule has 0 saturated carbocycles. The van der Waals surface area contributed by atoms with Gasteiger partial charge < -0.3 is 14.4 Å². The molecule has 0 radical (unpaired) electrons. The lowest BCUT2D eigenvalue weighted by Crippen LogP contribution is -2.45. The number of rotatable bonds is 6. The molecule has 0 N–H and O–H groups in total. The van der Waals surface area contributed by atoms with Crippen molar-refractivity contribution in [1.82, 2.24) is 15.1 Å². The molecule has 2 heterocycles. The van der Waals surface area contributed by atoms with E-state index in [2.05, 4.69) is 10.2 Å². The number of hydrogen-bond donors (Lipinski definition) is 0. The molecule has 1 atom stereocenters. The molecule has 1 aliphatic rings. The summed E-state index contributed by atoms with van der Waals surface area (Å²) in [6.07, 6.45) is 1.77. The van der Waals surface area contributed by atoms with Gasteiger partial charge in [0.25, 0.3) is 0 Å². The summed E-state index contributed by atoms with van der Waals surface area (Å²) in [5, 5.41) is 8.02. The number of aromatic nitrogens is 2. The molecule has 2 aromatic rings. The third-order valence-electron chi connectivity index (χ3n) is 4.13. The molecule has 1 aromatic carbocycles. The summed E-state index contributed by atoms with van der Waals surface area (Å²) in [5.74, 6) is 0.504. The van der Waals surface area contributed by atoms with E-state index in [4.69, 9.17) is 9.47 Å². The largest absolute Gasteiger partial charge is 0.471 e. The van der Waals surface area contributed by atoms with Crippen LogP contribution in [0.15, 0.2) is 42.5 Å². The van der Waals surface area contributed by atoms with Crippen LogP contribution in [-0.4, -0.2) is 46.8 Å². The fraction of sp³-hybridized carbons (Fsp3) is 0.421. The predicted octanol–water partition coefficient (Wildman–Crippen LogP) is 2.37. The number of carbonyl (C=O) groups is 1. The second kappa shape index (κ2) is 8.58. The van der Waals surface area contributed by atoms with Crippen LogP contribution in [-0.2, 0) is 16.1 Å². The van der Waals surface area contributed by atoms with Crippen LogP contribution >= 0.6 is 0 Å². The second-order valence-corrected chi connectivity index (χ2v) is 6.21. The van der Waals surface area contributed by atoms with Crippen molar-refractivity contribution in [1.29, 1.82) is 0 Å². The lowest BCUT2D eigenvalue weighted by molar-refractivity contribution is -0.139. The number of amides is 1. The zero-order valence-electron chi connectivity index (χ0n) is 14.4. The van der Waals surface area contributed by atoms with Gasteiger partial charge in [-0.05, 0) is 31.4 Å². The highest BCUT2D eigenvalue weighted by atomic mass is 16.5. The molecule has 0 bridgehead atoms. The van der Waals surface area contributed by atoms with Gasteiger partial charge in [0.2, 0.25) is 11.8 Å². The first-order valence-electron chi connectivity index (χ1n) is 8.57. The van der Waals surface area contributed by atoms with Crippen LogP contribution in [0.5, 0.6) is 5.88 Å². The van der Waals surface area contributed by atoms with Crippen LogP contribution in [0.25, 0.3) is 0 Å². The average molecular weight is 341 g/mol. The third kappa shape index (κ3) is 5.26. The van der Waals surface area contributed by atoms with Gasteiger partial charge in [-0.3, -0.25) is 4.79 Å². The first-order chi connectivity index (χ1) is 12.2. The van der Waals surface area contributed by atoms with E-state index in [1.165, 1.54) is 0 Å². The Morgan fingerprint density at radius 3 is 2.80 bits per heavy atom. The fourth-order valence-corrected chi connectivity index (χ4v) is 2.80. The maximum Gasteiger partial charge on any atom is 0.248 e. The molecule has 6 heteroatoms. The molecular weight excluding hydrogens is 318 g/mol. The number of carbonyl (C=O) groups excluding carboxylic acids is 1. The maximum absolute atomic E-state index is 12.3. The summed E-state index contributed by atoms with van der Waals surface area (Å²) in [5.41, 5.74) is 1.91. The van der Waals surface area contributed by atoms with Gasteiger partial charge in [0.05, 0.1) is 18.8 Å². The molecule has 1 saturated heterocycles. The quantitative estimate of drug-likeness (QED) is 0.807. The van der Waals surface area contributed by atoms with Gasteiger partial charge in [-0.25, -0.2) is 0 Å². The van der Waals surface area contributed by atoms with E-state index < -0.39 is 0 Å². The minimum absolute atomic E-state index is 0.000721. The van der Waals surface area contributed by atoms with Crippen molar-refractivity contribution in [2.45, 2.75) is 32.5 Å². The number of benzene rings is 1.